The van der Waals surface area contributed by atoms with Crippen molar-refractivity contribution in [2.45, 2.75) is 25.7 Å². The largest absolute Gasteiger partial charge is 0.495 e. The molecule has 0 saturated carbocycles. The van der Waals surface area contributed by atoms with Crippen LogP contribution in [0.15, 0.2) is 41.3 Å². The minimum Gasteiger partial charge on any atom is -0.495 e. The van der Waals surface area contributed by atoms with Gasteiger partial charge in [-0.15, -0.1) is 0 Å². The zero-order chi connectivity index (χ0) is 17.2. The van der Waals surface area contributed by atoms with Gasteiger partial charge in [0.05, 0.1) is 17.7 Å². The first-order valence-electron chi connectivity index (χ1n) is 7.03. The first kappa shape index (κ1) is 17.0. The van der Waals surface area contributed by atoms with Crippen molar-refractivity contribution in [2.24, 2.45) is 0 Å². The Morgan fingerprint density at radius 1 is 1.09 bits per heavy atom. The number of sulfonamides is 1. The number of carbonyl (C=O) groups is 1. The lowest BCUT2D eigenvalue weighted by atomic mass is 10.1. The van der Waals surface area contributed by atoms with Crippen molar-refractivity contribution in [3.63, 3.8) is 0 Å². The van der Waals surface area contributed by atoms with Crippen LogP contribution in [-0.4, -0.2) is 21.3 Å². The Hall–Kier alpha value is -2.34. The summed E-state index contributed by atoms with van der Waals surface area (Å²) in [6.45, 7) is 5.16. The first-order chi connectivity index (χ1) is 10.7. The predicted molar refractivity (Wildman–Crippen MR) is 89.7 cm³/mol. The lowest BCUT2D eigenvalue weighted by molar-refractivity contribution is 0.101. The second-order valence-electron chi connectivity index (χ2n) is 5.35. The van der Waals surface area contributed by atoms with E-state index < -0.39 is 10.0 Å². The molecule has 0 aliphatic heterocycles. The number of methoxy groups -OCH3 is 1. The van der Waals surface area contributed by atoms with Crippen LogP contribution in [0, 0.1) is 13.8 Å². The van der Waals surface area contributed by atoms with Crippen LogP contribution in [0.1, 0.15) is 28.4 Å². The second-order valence-corrected chi connectivity index (χ2v) is 7.03. The van der Waals surface area contributed by atoms with Gasteiger partial charge in [-0.3, -0.25) is 9.52 Å². The highest BCUT2D eigenvalue weighted by Crippen LogP contribution is 2.31. The Labute approximate surface area is 136 Å². The number of ether oxygens (including phenoxy) is 1. The summed E-state index contributed by atoms with van der Waals surface area (Å²) >= 11 is 0. The fraction of sp³-hybridized carbons (Fsp3) is 0.235. The van der Waals surface area contributed by atoms with Crippen molar-refractivity contribution in [1.29, 1.82) is 0 Å². The molecule has 5 nitrogen and oxygen atoms in total. The summed E-state index contributed by atoms with van der Waals surface area (Å²) in [5.41, 5.74) is 2.63. The van der Waals surface area contributed by atoms with Gasteiger partial charge in [-0.2, -0.15) is 0 Å². The summed E-state index contributed by atoms with van der Waals surface area (Å²) in [7, 11) is -2.27. The molecule has 122 valence electrons. The van der Waals surface area contributed by atoms with Crippen LogP contribution in [0.5, 0.6) is 5.75 Å². The molecule has 0 atom stereocenters. The minimum absolute atomic E-state index is 0.0875. The summed E-state index contributed by atoms with van der Waals surface area (Å²) in [5.74, 6) is 0.351. The molecule has 6 heteroatoms. The van der Waals surface area contributed by atoms with Gasteiger partial charge in [-0.05, 0) is 50.1 Å². The summed E-state index contributed by atoms with van der Waals surface area (Å²) in [4.78, 5) is 11.4. The average Bonchev–Trinajstić information content (AvgIpc) is 2.49. The van der Waals surface area contributed by atoms with Crippen LogP contribution < -0.4 is 9.46 Å². The highest BCUT2D eigenvalue weighted by molar-refractivity contribution is 7.92. The van der Waals surface area contributed by atoms with Gasteiger partial charge in [-0.1, -0.05) is 18.2 Å². The molecular formula is C17H19NO4S. The van der Waals surface area contributed by atoms with E-state index in [0.29, 0.717) is 17.0 Å². The fourth-order valence-corrected chi connectivity index (χ4v) is 3.43. The SMILES string of the molecule is COc1cc(C)cc(C)c1NS(=O)(=O)c1ccc(C(C)=O)cc1. The summed E-state index contributed by atoms with van der Waals surface area (Å²) < 4.78 is 32.9. The lowest BCUT2D eigenvalue weighted by Crippen LogP contribution is -2.15. The van der Waals surface area contributed by atoms with Crippen LogP contribution >= 0.6 is 0 Å². The zero-order valence-electron chi connectivity index (χ0n) is 13.5. The van der Waals surface area contributed by atoms with E-state index in [-0.39, 0.29) is 10.7 Å². The Morgan fingerprint density at radius 2 is 1.70 bits per heavy atom. The molecule has 2 aromatic rings. The number of nitrogens with one attached hydrogen (secondary N) is 1. The van der Waals surface area contributed by atoms with E-state index in [1.165, 1.54) is 38.3 Å². The van der Waals surface area contributed by atoms with Crippen molar-refractivity contribution in [2.75, 3.05) is 11.8 Å². The maximum atomic E-state index is 12.5. The molecule has 0 aromatic heterocycles. The zero-order valence-corrected chi connectivity index (χ0v) is 14.3. The summed E-state index contributed by atoms with van der Waals surface area (Å²) in [5, 5.41) is 0. The predicted octanol–water partition coefficient (Wildman–Crippen LogP) is 3.32. The molecular weight excluding hydrogens is 314 g/mol. The third kappa shape index (κ3) is 3.71. The molecule has 0 fully saturated rings. The molecule has 0 spiro atoms. The quantitative estimate of drug-likeness (QED) is 0.852. The highest BCUT2D eigenvalue weighted by atomic mass is 32.2. The maximum Gasteiger partial charge on any atom is 0.262 e. The normalized spacial score (nSPS) is 11.1. The van der Waals surface area contributed by atoms with E-state index in [4.69, 9.17) is 4.74 Å². The average molecular weight is 333 g/mol. The van der Waals surface area contributed by atoms with Gasteiger partial charge in [0, 0.05) is 5.56 Å². The number of hydrogen-bond acceptors (Lipinski definition) is 4. The smallest absolute Gasteiger partial charge is 0.262 e. The van der Waals surface area contributed by atoms with Crippen molar-refractivity contribution >= 4 is 21.5 Å². The summed E-state index contributed by atoms with van der Waals surface area (Å²) in [6.07, 6.45) is 0. The molecule has 0 saturated heterocycles. The van der Waals surface area contributed by atoms with Gasteiger partial charge in [0.25, 0.3) is 10.0 Å². The van der Waals surface area contributed by atoms with Crippen LogP contribution in [0.4, 0.5) is 5.69 Å². The fourth-order valence-electron chi connectivity index (χ4n) is 2.28. The van der Waals surface area contributed by atoms with Crippen molar-refractivity contribution in [3.8, 4) is 5.75 Å². The van der Waals surface area contributed by atoms with Gasteiger partial charge in [0.1, 0.15) is 5.75 Å². The van der Waals surface area contributed by atoms with Crippen molar-refractivity contribution < 1.29 is 17.9 Å². The number of carbonyl (C=O) groups excluding carboxylic acids is 1. The van der Waals surface area contributed by atoms with Crippen LogP contribution in [0.3, 0.4) is 0 Å². The van der Waals surface area contributed by atoms with Gasteiger partial charge >= 0.3 is 0 Å². The van der Waals surface area contributed by atoms with Gasteiger partial charge in [0.2, 0.25) is 0 Å². The Kier molecular flexibility index (Phi) is 4.75. The van der Waals surface area contributed by atoms with Crippen molar-refractivity contribution in [1.82, 2.24) is 0 Å². The number of hydrogen-bond donors (Lipinski definition) is 1. The molecule has 1 N–H and O–H groups in total. The molecule has 0 amide bonds. The number of Topliss-reactive ketones (excluding diaryl/α,β-unsaturated/α-hetero) is 1. The maximum absolute atomic E-state index is 12.5. The number of benzene rings is 2. The second kappa shape index (κ2) is 6.42. The Bertz CT molecular complexity index is 840. The topological polar surface area (TPSA) is 72.5 Å². The van der Waals surface area contributed by atoms with E-state index in [0.717, 1.165) is 11.1 Å². The van der Waals surface area contributed by atoms with Crippen LogP contribution in [0.2, 0.25) is 0 Å². The highest BCUT2D eigenvalue weighted by Gasteiger charge is 2.18. The Morgan fingerprint density at radius 3 is 2.22 bits per heavy atom. The van der Waals surface area contributed by atoms with E-state index in [9.17, 15) is 13.2 Å². The third-order valence-corrected chi connectivity index (χ3v) is 4.84. The molecule has 2 rings (SSSR count). The van der Waals surface area contributed by atoms with E-state index in [1.807, 2.05) is 19.9 Å². The standard InChI is InChI=1S/C17H19NO4S/c1-11-9-12(2)17(16(10-11)22-4)18-23(20,21)15-7-5-14(6-8-15)13(3)19/h5-10,18H,1-4H3. The number of anilines is 1. The van der Waals surface area contributed by atoms with E-state index >= 15 is 0 Å². The Balaban J connectivity index is 2.40. The van der Waals surface area contributed by atoms with Crippen LogP contribution in [-0.2, 0) is 10.0 Å². The number of rotatable bonds is 5. The first-order valence-corrected chi connectivity index (χ1v) is 8.52. The molecule has 0 heterocycles. The number of ketones is 1. The monoisotopic (exact) mass is 333 g/mol. The molecule has 0 radical (unpaired) electrons. The molecule has 2 aromatic carbocycles. The van der Waals surface area contributed by atoms with E-state index in [1.54, 1.807) is 6.07 Å². The third-order valence-electron chi connectivity index (χ3n) is 3.47. The summed E-state index contributed by atoms with van der Waals surface area (Å²) in [6, 6.07) is 9.46. The molecule has 0 bridgehead atoms. The van der Waals surface area contributed by atoms with Crippen molar-refractivity contribution in [3.05, 3.63) is 53.1 Å². The molecule has 23 heavy (non-hydrogen) atoms. The van der Waals surface area contributed by atoms with E-state index in [2.05, 4.69) is 4.72 Å². The van der Waals surface area contributed by atoms with Crippen LogP contribution in [0.25, 0.3) is 0 Å². The lowest BCUT2D eigenvalue weighted by Gasteiger charge is -2.15. The van der Waals surface area contributed by atoms with Gasteiger partial charge in [-0.25, -0.2) is 8.42 Å². The van der Waals surface area contributed by atoms with Gasteiger partial charge < -0.3 is 4.74 Å². The molecule has 0 unspecified atom stereocenters. The number of aryl methyl sites for hydroxylation is 2. The minimum atomic E-state index is -3.77. The van der Waals surface area contributed by atoms with Gasteiger partial charge in [0.15, 0.2) is 5.78 Å². The molecule has 0 aliphatic carbocycles. The molecule has 0 aliphatic rings.